The molecule has 4 heterocycles. The number of anilines is 2. The number of fused-ring (bicyclic) bond motifs is 3. The molecule has 160 valence electrons. The average Bonchev–Trinajstić information content (AvgIpc) is 3.38. The SMILES string of the molecule is C[C@H]1CCN2c3nc(CCc4cnn(Cc5ccc(F)cc5)c4)ncc3N(C)C(=O)[C@@H]12. The van der Waals surface area contributed by atoms with Crippen molar-refractivity contribution in [2.24, 2.45) is 5.92 Å². The Bertz CT molecular complexity index is 1110. The molecule has 2 aromatic heterocycles. The molecule has 2 aliphatic heterocycles. The van der Waals surface area contributed by atoms with Gasteiger partial charge in [-0.2, -0.15) is 5.10 Å². The molecule has 1 saturated heterocycles. The highest BCUT2D eigenvalue weighted by atomic mass is 19.1. The van der Waals surface area contributed by atoms with Gasteiger partial charge in [0, 0.05) is 26.2 Å². The molecule has 2 aliphatic rings. The van der Waals surface area contributed by atoms with E-state index in [0.717, 1.165) is 47.8 Å². The van der Waals surface area contributed by atoms with Crippen LogP contribution in [0, 0.1) is 11.7 Å². The van der Waals surface area contributed by atoms with Crippen LogP contribution in [0.4, 0.5) is 15.9 Å². The van der Waals surface area contributed by atoms with E-state index in [2.05, 4.69) is 21.9 Å². The van der Waals surface area contributed by atoms with Crippen LogP contribution in [0.3, 0.4) is 0 Å². The van der Waals surface area contributed by atoms with Crippen LogP contribution in [-0.4, -0.2) is 45.3 Å². The maximum atomic E-state index is 13.1. The lowest BCUT2D eigenvalue weighted by Crippen LogP contribution is -2.51. The zero-order valence-corrected chi connectivity index (χ0v) is 17.7. The molecule has 1 aromatic carbocycles. The Labute approximate surface area is 180 Å². The molecule has 8 heteroatoms. The fraction of sp³-hybridized carbons (Fsp3) is 0.391. The molecular formula is C23H25FN6O. The van der Waals surface area contributed by atoms with Gasteiger partial charge in [0.05, 0.1) is 18.9 Å². The molecule has 0 unspecified atom stereocenters. The molecule has 3 aromatic rings. The van der Waals surface area contributed by atoms with E-state index in [1.54, 1.807) is 23.2 Å². The normalized spacial score (nSPS) is 20.2. The monoisotopic (exact) mass is 420 g/mol. The van der Waals surface area contributed by atoms with Gasteiger partial charge in [-0.1, -0.05) is 19.1 Å². The second kappa shape index (κ2) is 7.76. The number of rotatable bonds is 5. The second-order valence-corrected chi connectivity index (χ2v) is 8.47. The summed E-state index contributed by atoms with van der Waals surface area (Å²) in [4.78, 5) is 25.9. The van der Waals surface area contributed by atoms with Gasteiger partial charge >= 0.3 is 0 Å². The molecular weight excluding hydrogens is 395 g/mol. The Morgan fingerprint density at radius 3 is 2.74 bits per heavy atom. The van der Waals surface area contributed by atoms with Crippen LogP contribution in [0.5, 0.6) is 0 Å². The fourth-order valence-electron chi connectivity index (χ4n) is 4.50. The number of nitrogens with zero attached hydrogens (tertiary/aromatic N) is 6. The highest BCUT2D eigenvalue weighted by molar-refractivity contribution is 6.04. The summed E-state index contributed by atoms with van der Waals surface area (Å²) < 4.78 is 14.9. The summed E-state index contributed by atoms with van der Waals surface area (Å²) in [6.07, 6.45) is 8.10. The van der Waals surface area contributed by atoms with Crippen LogP contribution < -0.4 is 9.80 Å². The largest absolute Gasteiger partial charge is 0.342 e. The number of hydrogen-bond donors (Lipinski definition) is 0. The van der Waals surface area contributed by atoms with Crippen molar-refractivity contribution >= 4 is 17.4 Å². The van der Waals surface area contributed by atoms with E-state index >= 15 is 0 Å². The molecule has 7 nitrogen and oxygen atoms in total. The Morgan fingerprint density at radius 1 is 1.13 bits per heavy atom. The van der Waals surface area contributed by atoms with Crippen LogP contribution >= 0.6 is 0 Å². The molecule has 0 radical (unpaired) electrons. The van der Waals surface area contributed by atoms with Crippen molar-refractivity contribution in [3.63, 3.8) is 0 Å². The van der Waals surface area contributed by atoms with Gasteiger partial charge in [-0.15, -0.1) is 0 Å². The molecule has 2 atom stereocenters. The summed E-state index contributed by atoms with van der Waals surface area (Å²) in [6, 6.07) is 6.34. The molecule has 0 spiro atoms. The fourth-order valence-corrected chi connectivity index (χ4v) is 4.50. The third-order valence-corrected chi connectivity index (χ3v) is 6.30. The van der Waals surface area contributed by atoms with Gasteiger partial charge in [-0.05, 0) is 42.0 Å². The number of carbonyl (C=O) groups is 1. The van der Waals surface area contributed by atoms with Crippen molar-refractivity contribution in [3.05, 3.63) is 65.6 Å². The molecule has 0 N–H and O–H groups in total. The summed E-state index contributed by atoms with van der Waals surface area (Å²) in [5.41, 5.74) is 2.89. The second-order valence-electron chi connectivity index (χ2n) is 8.47. The highest BCUT2D eigenvalue weighted by Crippen LogP contribution is 2.39. The van der Waals surface area contributed by atoms with E-state index < -0.39 is 0 Å². The Balaban J connectivity index is 1.28. The van der Waals surface area contributed by atoms with Gasteiger partial charge in [-0.3, -0.25) is 9.48 Å². The average molecular weight is 420 g/mol. The van der Waals surface area contributed by atoms with Gasteiger partial charge in [0.15, 0.2) is 5.82 Å². The minimum Gasteiger partial charge on any atom is -0.342 e. The minimum atomic E-state index is -0.236. The first kappa shape index (κ1) is 19.7. The zero-order valence-electron chi connectivity index (χ0n) is 17.7. The molecule has 1 fully saturated rings. The lowest BCUT2D eigenvalue weighted by atomic mass is 10.0. The van der Waals surface area contributed by atoms with Gasteiger partial charge in [0.2, 0.25) is 5.91 Å². The standard InChI is InChI=1S/C23H25FN6O/c1-15-9-10-30-21(15)23(31)28(2)19-12-25-20(27-22(19)30)8-5-17-11-26-29(14-17)13-16-3-6-18(24)7-4-16/h3-4,6-7,11-12,14-15,21H,5,8-10,13H2,1-2H3/t15-,21+/m0/s1. The molecule has 0 aliphatic carbocycles. The lowest BCUT2D eigenvalue weighted by molar-refractivity contribution is -0.120. The minimum absolute atomic E-state index is 0.120. The summed E-state index contributed by atoms with van der Waals surface area (Å²) in [6.45, 7) is 3.59. The van der Waals surface area contributed by atoms with E-state index in [1.807, 2.05) is 24.1 Å². The summed E-state index contributed by atoms with van der Waals surface area (Å²) in [7, 11) is 1.81. The maximum Gasteiger partial charge on any atom is 0.249 e. The van der Waals surface area contributed by atoms with Crippen molar-refractivity contribution < 1.29 is 9.18 Å². The summed E-state index contributed by atoms with van der Waals surface area (Å²) >= 11 is 0. The van der Waals surface area contributed by atoms with E-state index in [1.165, 1.54) is 12.1 Å². The molecule has 31 heavy (non-hydrogen) atoms. The lowest BCUT2D eigenvalue weighted by Gasteiger charge is -2.37. The number of amides is 1. The third kappa shape index (κ3) is 3.66. The van der Waals surface area contributed by atoms with Gasteiger partial charge in [-0.25, -0.2) is 14.4 Å². The Kier molecular flexibility index (Phi) is 4.92. The smallest absolute Gasteiger partial charge is 0.249 e. The van der Waals surface area contributed by atoms with E-state index in [4.69, 9.17) is 4.98 Å². The summed E-state index contributed by atoms with van der Waals surface area (Å²) in [5.74, 6) is 1.86. The van der Waals surface area contributed by atoms with Gasteiger partial charge < -0.3 is 9.80 Å². The van der Waals surface area contributed by atoms with Crippen molar-refractivity contribution in [2.45, 2.75) is 38.8 Å². The maximum absolute atomic E-state index is 13.1. The zero-order chi connectivity index (χ0) is 21.5. The number of halogens is 1. The van der Waals surface area contributed by atoms with Crippen molar-refractivity contribution in [3.8, 4) is 0 Å². The number of aryl methyl sites for hydroxylation is 2. The predicted octanol–water partition coefficient (Wildman–Crippen LogP) is 2.84. The molecule has 0 bridgehead atoms. The number of benzene rings is 1. The van der Waals surface area contributed by atoms with Crippen molar-refractivity contribution in [1.29, 1.82) is 0 Å². The van der Waals surface area contributed by atoms with Gasteiger partial charge in [0.25, 0.3) is 0 Å². The summed E-state index contributed by atoms with van der Waals surface area (Å²) in [5, 5.41) is 4.42. The van der Waals surface area contributed by atoms with Crippen LogP contribution in [-0.2, 0) is 24.2 Å². The Morgan fingerprint density at radius 2 is 1.94 bits per heavy atom. The number of aromatic nitrogens is 4. The first-order valence-corrected chi connectivity index (χ1v) is 10.7. The van der Waals surface area contributed by atoms with Crippen LogP contribution in [0.15, 0.2) is 42.9 Å². The van der Waals surface area contributed by atoms with Crippen LogP contribution in [0.2, 0.25) is 0 Å². The number of carbonyl (C=O) groups excluding carboxylic acids is 1. The van der Waals surface area contributed by atoms with E-state index in [0.29, 0.717) is 18.9 Å². The van der Waals surface area contributed by atoms with Crippen molar-refractivity contribution in [2.75, 3.05) is 23.4 Å². The first-order valence-electron chi connectivity index (χ1n) is 10.7. The van der Waals surface area contributed by atoms with Crippen LogP contribution in [0.25, 0.3) is 0 Å². The van der Waals surface area contributed by atoms with E-state index in [9.17, 15) is 9.18 Å². The van der Waals surface area contributed by atoms with Crippen molar-refractivity contribution in [1.82, 2.24) is 19.7 Å². The third-order valence-electron chi connectivity index (χ3n) is 6.30. The van der Waals surface area contributed by atoms with E-state index in [-0.39, 0.29) is 17.8 Å². The Hall–Kier alpha value is -3.29. The number of hydrogen-bond acceptors (Lipinski definition) is 5. The molecule has 5 rings (SSSR count). The first-order chi connectivity index (χ1) is 15.0. The number of likely N-dealkylation sites (N-methyl/N-ethyl adjacent to an activating group) is 1. The quantitative estimate of drug-likeness (QED) is 0.635. The molecule has 0 saturated carbocycles. The topological polar surface area (TPSA) is 67.2 Å². The molecule has 1 amide bonds. The van der Waals surface area contributed by atoms with Crippen LogP contribution in [0.1, 0.15) is 30.3 Å². The predicted molar refractivity (Wildman–Crippen MR) is 115 cm³/mol. The van der Waals surface area contributed by atoms with Gasteiger partial charge in [0.1, 0.15) is 23.4 Å². The highest BCUT2D eigenvalue weighted by Gasteiger charge is 2.44.